The normalized spacial score (nSPS) is 18.6. The maximum atomic E-state index is 5.61. The molecule has 3 rings (SSSR count). The van der Waals surface area contributed by atoms with Crippen LogP contribution >= 0.6 is 0 Å². The molecule has 0 saturated carbocycles. The highest BCUT2D eigenvalue weighted by Crippen LogP contribution is 2.30. The summed E-state index contributed by atoms with van der Waals surface area (Å²) in [7, 11) is 0. The average molecular weight is 347 g/mol. The van der Waals surface area contributed by atoms with E-state index in [1.165, 1.54) is 0 Å². The maximum absolute atomic E-state index is 5.61. The minimum atomic E-state index is 0.0801. The molecule has 0 unspecified atom stereocenters. The second kappa shape index (κ2) is 8.58. The summed E-state index contributed by atoms with van der Waals surface area (Å²) in [6, 6.07) is 2.36. The van der Waals surface area contributed by atoms with Gasteiger partial charge in [0, 0.05) is 44.1 Å². The molecule has 25 heavy (non-hydrogen) atoms. The van der Waals surface area contributed by atoms with Gasteiger partial charge in [-0.1, -0.05) is 19.0 Å². The Balaban J connectivity index is 1.66. The molecule has 7 nitrogen and oxygen atoms in total. The van der Waals surface area contributed by atoms with E-state index in [2.05, 4.69) is 41.3 Å². The molecule has 1 aliphatic heterocycles. The van der Waals surface area contributed by atoms with Gasteiger partial charge in [0.1, 0.15) is 0 Å². The van der Waals surface area contributed by atoms with Gasteiger partial charge in [-0.3, -0.25) is 4.68 Å². The fourth-order valence-corrected chi connectivity index (χ4v) is 3.21. The van der Waals surface area contributed by atoms with Crippen LogP contribution in [-0.2, 0) is 11.3 Å². The predicted octanol–water partition coefficient (Wildman–Crippen LogP) is 2.93. The van der Waals surface area contributed by atoms with E-state index in [-0.39, 0.29) is 12.0 Å². The number of rotatable bonds is 8. The minimum Gasteiger partial charge on any atom is -0.381 e. The van der Waals surface area contributed by atoms with E-state index in [0.717, 1.165) is 44.8 Å². The summed E-state index contributed by atoms with van der Waals surface area (Å²) in [6.45, 7) is 8.86. The molecule has 2 aromatic heterocycles. The third-order valence-electron chi connectivity index (χ3n) is 4.79. The highest BCUT2D eigenvalue weighted by atomic mass is 16.5. The van der Waals surface area contributed by atoms with Crippen LogP contribution < -0.4 is 5.32 Å². The van der Waals surface area contributed by atoms with Crippen LogP contribution in [0.25, 0.3) is 0 Å². The molecule has 2 aromatic rings. The lowest BCUT2D eigenvalue weighted by Crippen LogP contribution is -2.38. The standard InChI is InChI=1S/C18H29N5O2/c1-13(2)17-21-18(25-22-17)16(15-6-11-24-12-7-15)20-14(3)5-10-23-9-4-8-19-23/h4,8-9,13-16,20H,5-7,10-12H2,1-3H3/t14-,16+/m1/s1. The first-order chi connectivity index (χ1) is 12.1. The van der Waals surface area contributed by atoms with E-state index in [9.17, 15) is 0 Å². The molecule has 3 heterocycles. The van der Waals surface area contributed by atoms with Crippen molar-refractivity contribution in [2.75, 3.05) is 13.2 Å². The molecular weight excluding hydrogens is 318 g/mol. The third kappa shape index (κ3) is 4.89. The van der Waals surface area contributed by atoms with Gasteiger partial charge in [0.05, 0.1) is 6.04 Å². The van der Waals surface area contributed by atoms with Crippen LogP contribution in [0.5, 0.6) is 0 Å². The lowest BCUT2D eigenvalue weighted by Gasteiger charge is -2.31. The molecule has 0 radical (unpaired) electrons. The second-order valence-electron chi connectivity index (χ2n) is 7.20. The quantitative estimate of drug-likeness (QED) is 0.791. The minimum absolute atomic E-state index is 0.0801. The summed E-state index contributed by atoms with van der Waals surface area (Å²) in [5.41, 5.74) is 0. The molecule has 1 fully saturated rings. The monoisotopic (exact) mass is 347 g/mol. The zero-order valence-electron chi connectivity index (χ0n) is 15.4. The smallest absolute Gasteiger partial charge is 0.244 e. The van der Waals surface area contributed by atoms with Crippen molar-refractivity contribution >= 4 is 0 Å². The van der Waals surface area contributed by atoms with Crippen LogP contribution in [0.2, 0.25) is 0 Å². The molecule has 0 bridgehead atoms. The summed E-state index contributed by atoms with van der Waals surface area (Å²) in [4.78, 5) is 4.65. The molecule has 1 N–H and O–H groups in total. The fraction of sp³-hybridized carbons (Fsp3) is 0.722. The highest BCUT2D eigenvalue weighted by Gasteiger charge is 2.31. The van der Waals surface area contributed by atoms with Gasteiger partial charge < -0.3 is 14.6 Å². The van der Waals surface area contributed by atoms with Crippen molar-refractivity contribution < 1.29 is 9.26 Å². The zero-order valence-corrected chi connectivity index (χ0v) is 15.4. The first-order valence-corrected chi connectivity index (χ1v) is 9.28. The zero-order chi connectivity index (χ0) is 17.6. The third-order valence-corrected chi connectivity index (χ3v) is 4.79. The Labute approximate surface area is 149 Å². The number of nitrogens with one attached hydrogen (secondary N) is 1. The molecule has 0 aliphatic carbocycles. The van der Waals surface area contributed by atoms with Crippen molar-refractivity contribution in [1.82, 2.24) is 25.2 Å². The molecule has 7 heteroatoms. The van der Waals surface area contributed by atoms with E-state index in [0.29, 0.717) is 17.9 Å². The van der Waals surface area contributed by atoms with Gasteiger partial charge in [0.2, 0.25) is 5.89 Å². The molecular formula is C18H29N5O2. The highest BCUT2D eigenvalue weighted by molar-refractivity contribution is 4.99. The Morgan fingerprint density at radius 3 is 2.72 bits per heavy atom. The molecule has 1 saturated heterocycles. The van der Waals surface area contributed by atoms with E-state index in [4.69, 9.17) is 9.26 Å². The molecule has 1 aliphatic rings. The second-order valence-corrected chi connectivity index (χ2v) is 7.20. The summed E-state index contributed by atoms with van der Waals surface area (Å²) in [5, 5.41) is 12.1. The number of aromatic nitrogens is 4. The molecule has 0 amide bonds. The molecule has 0 spiro atoms. The molecule has 138 valence electrons. The lowest BCUT2D eigenvalue weighted by molar-refractivity contribution is 0.0468. The first-order valence-electron chi connectivity index (χ1n) is 9.28. The summed E-state index contributed by atoms with van der Waals surface area (Å²) in [5.74, 6) is 2.21. The van der Waals surface area contributed by atoms with Crippen molar-refractivity contribution in [3.63, 3.8) is 0 Å². The van der Waals surface area contributed by atoms with Crippen LogP contribution in [0.1, 0.15) is 63.7 Å². The first kappa shape index (κ1) is 18.1. The van der Waals surface area contributed by atoms with Gasteiger partial charge in [-0.25, -0.2) is 0 Å². The SMILES string of the molecule is CC(C)c1noc([C@@H](N[C@H](C)CCn2cccn2)C2CCOCC2)n1. The summed E-state index contributed by atoms with van der Waals surface area (Å²) in [6.07, 6.45) is 6.84. The fourth-order valence-electron chi connectivity index (χ4n) is 3.21. The van der Waals surface area contributed by atoms with Crippen LogP contribution in [0.4, 0.5) is 0 Å². The Hall–Kier alpha value is -1.73. The van der Waals surface area contributed by atoms with Crippen LogP contribution in [0.15, 0.2) is 23.0 Å². The van der Waals surface area contributed by atoms with Gasteiger partial charge in [-0.05, 0) is 38.2 Å². The Bertz CT molecular complexity index is 619. The number of aryl methyl sites for hydroxylation is 1. The Kier molecular flexibility index (Phi) is 6.20. The van der Waals surface area contributed by atoms with Crippen LogP contribution in [0.3, 0.4) is 0 Å². The van der Waals surface area contributed by atoms with E-state index in [1.54, 1.807) is 0 Å². The van der Waals surface area contributed by atoms with Gasteiger partial charge in [0.25, 0.3) is 0 Å². The largest absolute Gasteiger partial charge is 0.381 e. The maximum Gasteiger partial charge on any atom is 0.244 e. The summed E-state index contributed by atoms with van der Waals surface area (Å²) >= 11 is 0. The lowest BCUT2D eigenvalue weighted by atomic mass is 9.91. The van der Waals surface area contributed by atoms with E-state index < -0.39 is 0 Å². The topological polar surface area (TPSA) is 78.0 Å². The van der Waals surface area contributed by atoms with Crippen molar-refractivity contribution in [2.45, 2.75) is 64.6 Å². The molecule has 0 aromatic carbocycles. The van der Waals surface area contributed by atoms with Gasteiger partial charge in [0.15, 0.2) is 5.82 Å². The number of hydrogen-bond donors (Lipinski definition) is 1. The van der Waals surface area contributed by atoms with Gasteiger partial charge >= 0.3 is 0 Å². The van der Waals surface area contributed by atoms with Gasteiger partial charge in [-0.2, -0.15) is 10.1 Å². The molecule has 2 atom stereocenters. The van der Waals surface area contributed by atoms with Crippen molar-refractivity contribution in [1.29, 1.82) is 0 Å². The van der Waals surface area contributed by atoms with Gasteiger partial charge in [-0.15, -0.1) is 0 Å². The number of hydrogen-bond acceptors (Lipinski definition) is 6. The summed E-state index contributed by atoms with van der Waals surface area (Å²) < 4.78 is 13.1. The Morgan fingerprint density at radius 1 is 1.28 bits per heavy atom. The van der Waals surface area contributed by atoms with Crippen LogP contribution in [0, 0.1) is 5.92 Å². The van der Waals surface area contributed by atoms with E-state index >= 15 is 0 Å². The number of ether oxygens (including phenoxy) is 1. The Morgan fingerprint density at radius 2 is 2.08 bits per heavy atom. The van der Waals surface area contributed by atoms with Crippen LogP contribution in [-0.4, -0.2) is 39.2 Å². The number of nitrogens with zero attached hydrogens (tertiary/aromatic N) is 4. The van der Waals surface area contributed by atoms with E-state index in [1.807, 2.05) is 23.1 Å². The van der Waals surface area contributed by atoms with Crippen molar-refractivity contribution in [2.24, 2.45) is 5.92 Å². The van der Waals surface area contributed by atoms with Crippen molar-refractivity contribution in [3.05, 3.63) is 30.2 Å². The predicted molar refractivity (Wildman–Crippen MR) is 94.1 cm³/mol. The van der Waals surface area contributed by atoms with Crippen molar-refractivity contribution in [3.8, 4) is 0 Å². The average Bonchev–Trinajstić information content (AvgIpc) is 3.30.